The Labute approximate surface area is 77.7 Å². The summed E-state index contributed by atoms with van der Waals surface area (Å²) in [7, 11) is 0. The molecule has 2 N–H and O–H groups in total. The van der Waals surface area contributed by atoms with Gasteiger partial charge in [-0.25, -0.2) is 4.98 Å². The summed E-state index contributed by atoms with van der Waals surface area (Å²) in [4.78, 5) is 3.97. The van der Waals surface area contributed by atoms with Crippen molar-refractivity contribution in [3.8, 4) is 0 Å². The fraction of sp³-hybridized carbons (Fsp3) is 0.667. The van der Waals surface area contributed by atoms with Crippen LogP contribution in [0.1, 0.15) is 19.3 Å². The molecule has 1 aliphatic heterocycles. The molecule has 4 heteroatoms. The summed E-state index contributed by atoms with van der Waals surface area (Å²) in [5.41, 5.74) is 5.65. The van der Waals surface area contributed by atoms with Gasteiger partial charge in [0.25, 0.3) is 0 Å². The lowest BCUT2D eigenvalue weighted by atomic mass is 10.1. The van der Waals surface area contributed by atoms with E-state index in [0.717, 1.165) is 19.6 Å². The zero-order chi connectivity index (χ0) is 9.10. The third kappa shape index (κ3) is 2.01. The predicted octanol–water partition coefficient (Wildman–Crippen LogP) is 1.03. The van der Waals surface area contributed by atoms with Crippen LogP contribution in [0.15, 0.2) is 12.4 Å². The van der Waals surface area contributed by atoms with Crippen molar-refractivity contribution in [2.45, 2.75) is 31.9 Å². The van der Waals surface area contributed by atoms with E-state index < -0.39 is 0 Å². The van der Waals surface area contributed by atoms with Gasteiger partial charge in [-0.2, -0.15) is 0 Å². The van der Waals surface area contributed by atoms with E-state index in [4.69, 9.17) is 10.5 Å². The van der Waals surface area contributed by atoms with Crippen LogP contribution in [0.5, 0.6) is 0 Å². The Bertz CT molecular complexity index is 266. The molecule has 4 nitrogen and oxygen atoms in total. The first-order chi connectivity index (χ1) is 6.36. The van der Waals surface area contributed by atoms with Crippen molar-refractivity contribution < 1.29 is 4.74 Å². The normalized spacial score (nSPS) is 23.2. The average molecular weight is 181 g/mol. The minimum atomic E-state index is 0.324. The topological polar surface area (TPSA) is 53.1 Å². The standard InChI is InChI=1S/C9H15N3O/c10-9-11-4-5-12(9)7-8-3-1-2-6-13-8/h4-5,8H,1-3,6-7H2,(H2,10,11). The van der Waals surface area contributed by atoms with Crippen molar-refractivity contribution in [3.05, 3.63) is 12.4 Å². The van der Waals surface area contributed by atoms with Gasteiger partial charge in [-0.15, -0.1) is 0 Å². The number of ether oxygens (including phenoxy) is 1. The fourth-order valence-corrected chi connectivity index (χ4v) is 1.67. The van der Waals surface area contributed by atoms with Gasteiger partial charge in [-0.05, 0) is 19.3 Å². The molecule has 1 aromatic heterocycles. The fourth-order valence-electron chi connectivity index (χ4n) is 1.67. The Morgan fingerprint density at radius 3 is 3.15 bits per heavy atom. The molecule has 1 fully saturated rings. The SMILES string of the molecule is Nc1nccn1CC1CCCCO1. The van der Waals surface area contributed by atoms with Crippen molar-refractivity contribution in [3.63, 3.8) is 0 Å². The summed E-state index contributed by atoms with van der Waals surface area (Å²) in [5, 5.41) is 0. The summed E-state index contributed by atoms with van der Waals surface area (Å²) >= 11 is 0. The summed E-state index contributed by atoms with van der Waals surface area (Å²) < 4.78 is 7.54. The van der Waals surface area contributed by atoms with Gasteiger partial charge in [0.2, 0.25) is 0 Å². The number of nitrogens with two attached hydrogens (primary N) is 1. The maximum atomic E-state index is 5.65. The summed E-state index contributed by atoms with van der Waals surface area (Å²) in [5.74, 6) is 0.578. The first-order valence-corrected chi connectivity index (χ1v) is 4.74. The quantitative estimate of drug-likeness (QED) is 0.741. The molecule has 0 spiro atoms. The Kier molecular flexibility index (Phi) is 2.49. The number of hydrogen-bond donors (Lipinski definition) is 1. The molecule has 1 atom stereocenters. The van der Waals surface area contributed by atoms with Crippen LogP contribution in [0.2, 0.25) is 0 Å². The monoisotopic (exact) mass is 181 g/mol. The zero-order valence-electron chi connectivity index (χ0n) is 7.65. The van der Waals surface area contributed by atoms with Crippen LogP contribution in [0, 0.1) is 0 Å². The Morgan fingerprint density at radius 1 is 1.62 bits per heavy atom. The van der Waals surface area contributed by atoms with Gasteiger partial charge in [0.1, 0.15) is 0 Å². The summed E-state index contributed by atoms with van der Waals surface area (Å²) in [6.45, 7) is 1.73. The van der Waals surface area contributed by atoms with Crippen LogP contribution in [0.4, 0.5) is 5.95 Å². The van der Waals surface area contributed by atoms with Gasteiger partial charge in [-0.3, -0.25) is 0 Å². The molecule has 0 saturated carbocycles. The molecule has 0 aromatic carbocycles. The second kappa shape index (κ2) is 3.79. The molecule has 1 unspecified atom stereocenters. The second-order valence-corrected chi connectivity index (χ2v) is 3.43. The number of anilines is 1. The lowest BCUT2D eigenvalue weighted by Gasteiger charge is -2.23. The summed E-state index contributed by atoms with van der Waals surface area (Å²) in [6, 6.07) is 0. The van der Waals surface area contributed by atoms with Crippen LogP contribution in [0.25, 0.3) is 0 Å². The number of aromatic nitrogens is 2. The molecule has 1 aromatic rings. The van der Waals surface area contributed by atoms with E-state index >= 15 is 0 Å². The van der Waals surface area contributed by atoms with Crippen LogP contribution < -0.4 is 5.73 Å². The zero-order valence-corrected chi connectivity index (χ0v) is 7.65. The highest BCUT2D eigenvalue weighted by Crippen LogP contribution is 2.15. The molecule has 0 amide bonds. The highest BCUT2D eigenvalue weighted by Gasteiger charge is 2.14. The van der Waals surface area contributed by atoms with Crippen molar-refractivity contribution >= 4 is 5.95 Å². The van der Waals surface area contributed by atoms with Crippen LogP contribution in [-0.4, -0.2) is 22.3 Å². The lowest BCUT2D eigenvalue weighted by Crippen LogP contribution is -2.24. The van der Waals surface area contributed by atoms with Crippen molar-refractivity contribution in [2.24, 2.45) is 0 Å². The van der Waals surface area contributed by atoms with E-state index in [1.165, 1.54) is 12.8 Å². The average Bonchev–Trinajstić information content (AvgIpc) is 2.54. The maximum absolute atomic E-state index is 5.65. The van der Waals surface area contributed by atoms with Crippen LogP contribution >= 0.6 is 0 Å². The van der Waals surface area contributed by atoms with E-state index in [0.29, 0.717) is 12.1 Å². The second-order valence-electron chi connectivity index (χ2n) is 3.43. The highest BCUT2D eigenvalue weighted by atomic mass is 16.5. The van der Waals surface area contributed by atoms with E-state index in [1.54, 1.807) is 6.20 Å². The van der Waals surface area contributed by atoms with E-state index in [1.807, 2.05) is 10.8 Å². The number of imidazole rings is 1. The van der Waals surface area contributed by atoms with Gasteiger partial charge in [0, 0.05) is 19.0 Å². The maximum Gasteiger partial charge on any atom is 0.200 e. The van der Waals surface area contributed by atoms with Crippen LogP contribution in [0.3, 0.4) is 0 Å². The molecule has 0 aliphatic carbocycles. The third-order valence-electron chi connectivity index (χ3n) is 2.42. The Hall–Kier alpha value is -1.03. The van der Waals surface area contributed by atoms with Gasteiger partial charge in [0.05, 0.1) is 12.6 Å². The number of rotatable bonds is 2. The van der Waals surface area contributed by atoms with E-state index in [2.05, 4.69) is 4.98 Å². The molecule has 72 valence electrons. The largest absolute Gasteiger partial charge is 0.376 e. The minimum absolute atomic E-state index is 0.324. The van der Waals surface area contributed by atoms with E-state index in [9.17, 15) is 0 Å². The van der Waals surface area contributed by atoms with Gasteiger partial charge < -0.3 is 15.0 Å². The predicted molar refractivity (Wildman–Crippen MR) is 50.2 cm³/mol. The third-order valence-corrected chi connectivity index (χ3v) is 2.42. The first kappa shape index (κ1) is 8.56. The number of hydrogen-bond acceptors (Lipinski definition) is 3. The molecular formula is C9H15N3O. The number of nitrogens with zero attached hydrogens (tertiary/aromatic N) is 2. The Balaban J connectivity index is 1.93. The lowest BCUT2D eigenvalue weighted by molar-refractivity contribution is 0.00632. The molecule has 0 bridgehead atoms. The smallest absolute Gasteiger partial charge is 0.200 e. The molecule has 1 saturated heterocycles. The molecule has 13 heavy (non-hydrogen) atoms. The molecule has 2 rings (SSSR count). The molecule has 0 radical (unpaired) electrons. The van der Waals surface area contributed by atoms with Crippen molar-refractivity contribution in [1.29, 1.82) is 0 Å². The van der Waals surface area contributed by atoms with Gasteiger partial charge >= 0.3 is 0 Å². The van der Waals surface area contributed by atoms with Gasteiger partial charge in [-0.1, -0.05) is 0 Å². The van der Waals surface area contributed by atoms with Crippen molar-refractivity contribution in [1.82, 2.24) is 9.55 Å². The molecule has 2 heterocycles. The molecular weight excluding hydrogens is 166 g/mol. The molecule has 1 aliphatic rings. The highest BCUT2D eigenvalue weighted by molar-refractivity contribution is 5.16. The summed E-state index contributed by atoms with van der Waals surface area (Å²) in [6.07, 6.45) is 7.53. The van der Waals surface area contributed by atoms with Crippen LogP contribution in [-0.2, 0) is 11.3 Å². The first-order valence-electron chi connectivity index (χ1n) is 4.74. The van der Waals surface area contributed by atoms with E-state index in [-0.39, 0.29) is 0 Å². The van der Waals surface area contributed by atoms with Crippen molar-refractivity contribution in [2.75, 3.05) is 12.3 Å². The minimum Gasteiger partial charge on any atom is -0.376 e. The number of nitrogen functional groups attached to an aromatic ring is 1. The Morgan fingerprint density at radius 2 is 2.54 bits per heavy atom. The van der Waals surface area contributed by atoms with Gasteiger partial charge in [0.15, 0.2) is 5.95 Å².